The molecule has 21 heavy (non-hydrogen) atoms. The Morgan fingerprint density at radius 2 is 1.95 bits per heavy atom. The van der Waals surface area contributed by atoms with Crippen LogP contribution >= 0.6 is 0 Å². The first-order valence-electron chi connectivity index (χ1n) is 7.27. The first-order valence-corrected chi connectivity index (χ1v) is 7.27. The van der Waals surface area contributed by atoms with Crippen molar-refractivity contribution in [1.82, 2.24) is 10.1 Å². The Labute approximate surface area is 121 Å². The molecule has 1 aromatic heterocycles. The quantitative estimate of drug-likeness (QED) is 0.844. The van der Waals surface area contributed by atoms with Gasteiger partial charge in [-0.25, -0.2) is 0 Å². The normalized spacial score (nSPS) is 24.8. The first kappa shape index (κ1) is 16.0. The van der Waals surface area contributed by atoms with Gasteiger partial charge in [0.05, 0.1) is 0 Å². The largest absolute Gasteiger partial charge is 0.450 e. The Balaban J connectivity index is 2.03. The number of ketones is 1. The van der Waals surface area contributed by atoms with E-state index in [0.29, 0.717) is 11.7 Å². The average molecular weight is 304 g/mol. The van der Waals surface area contributed by atoms with Crippen LogP contribution in [0, 0.1) is 5.92 Å². The summed E-state index contributed by atoms with van der Waals surface area (Å²) in [6, 6.07) is 0. The number of alkyl halides is 3. The van der Waals surface area contributed by atoms with Crippen molar-refractivity contribution in [3.05, 3.63) is 11.7 Å². The summed E-state index contributed by atoms with van der Waals surface area (Å²) in [6.45, 7) is 3.29. The topological polar surface area (TPSA) is 56.0 Å². The second-order valence-corrected chi connectivity index (χ2v) is 5.70. The number of carbonyl (C=O) groups excluding carboxylic acids is 1. The van der Waals surface area contributed by atoms with E-state index >= 15 is 0 Å². The van der Waals surface area contributed by atoms with Crippen LogP contribution in [0.2, 0.25) is 0 Å². The molecule has 1 heterocycles. The molecule has 4 nitrogen and oxygen atoms in total. The fraction of sp³-hybridized carbons (Fsp3) is 0.786. The standard InChI is InChI=1S/C14H19F3N2O2/c1-3-9-4-6-10(7-5-9)12-18-13(21-19-12)8(2)11(20)14(15,16)17/h8-10H,3-7H2,1-2H3. The molecule has 2 rings (SSSR count). The molecule has 0 amide bonds. The molecule has 1 atom stereocenters. The van der Waals surface area contributed by atoms with E-state index in [1.807, 2.05) is 0 Å². The van der Waals surface area contributed by atoms with Crippen LogP contribution in [0.3, 0.4) is 0 Å². The van der Waals surface area contributed by atoms with Crippen LogP contribution in [0.4, 0.5) is 13.2 Å². The van der Waals surface area contributed by atoms with Crippen LogP contribution in [-0.2, 0) is 4.79 Å². The van der Waals surface area contributed by atoms with Gasteiger partial charge in [-0.3, -0.25) is 4.79 Å². The minimum absolute atomic E-state index is 0.124. The van der Waals surface area contributed by atoms with Gasteiger partial charge in [0, 0.05) is 5.92 Å². The number of rotatable bonds is 4. The Hall–Kier alpha value is -1.40. The van der Waals surface area contributed by atoms with Crippen molar-refractivity contribution in [3.63, 3.8) is 0 Å². The number of Topliss-reactive ketones (excluding diaryl/α,β-unsaturated/α-hetero) is 1. The van der Waals surface area contributed by atoms with Gasteiger partial charge in [0.25, 0.3) is 0 Å². The van der Waals surface area contributed by atoms with Gasteiger partial charge in [0.2, 0.25) is 11.7 Å². The molecule has 0 radical (unpaired) electrons. The summed E-state index contributed by atoms with van der Waals surface area (Å²) in [5.74, 6) is -2.28. The second kappa shape index (κ2) is 6.15. The highest BCUT2D eigenvalue weighted by molar-refractivity contribution is 5.89. The molecule has 1 unspecified atom stereocenters. The van der Waals surface area contributed by atoms with E-state index in [0.717, 1.165) is 39.0 Å². The minimum Gasteiger partial charge on any atom is -0.339 e. The fourth-order valence-electron chi connectivity index (χ4n) is 2.78. The van der Waals surface area contributed by atoms with Crippen LogP contribution in [0.5, 0.6) is 0 Å². The van der Waals surface area contributed by atoms with Crippen LogP contribution in [0.25, 0.3) is 0 Å². The van der Waals surface area contributed by atoms with Gasteiger partial charge in [-0.05, 0) is 38.5 Å². The molecule has 7 heteroatoms. The van der Waals surface area contributed by atoms with Crippen molar-refractivity contribution < 1.29 is 22.5 Å². The molecule has 0 saturated heterocycles. The minimum atomic E-state index is -4.88. The van der Waals surface area contributed by atoms with Crippen molar-refractivity contribution in [2.75, 3.05) is 0 Å². The molecular weight excluding hydrogens is 285 g/mol. The lowest BCUT2D eigenvalue weighted by molar-refractivity contribution is -0.172. The zero-order valence-electron chi connectivity index (χ0n) is 12.1. The molecule has 0 aromatic carbocycles. The predicted octanol–water partition coefficient (Wildman–Crippen LogP) is 3.99. The van der Waals surface area contributed by atoms with Crippen molar-refractivity contribution in [1.29, 1.82) is 0 Å². The van der Waals surface area contributed by atoms with Crippen molar-refractivity contribution in [2.24, 2.45) is 5.92 Å². The summed E-state index contributed by atoms with van der Waals surface area (Å²) < 4.78 is 42.0. The Kier molecular flexibility index (Phi) is 4.68. The monoisotopic (exact) mass is 304 g/mol. The van der Waals surface area contributed by atoms with Crippen molar-refractivity contribution >= 4 is 5.78 Å². The molecule has 1 fully saturated rings. The molecule has 118 valence electrons. The van der Waals surface area contributed by atoms with E-state index in [4.69, 9.17) is 4.52 Å². The van der Waals surface area contributed by atoms with Gasteiger partial charge in [0.1, 0.15) is 5.92 Å². The second-order valence-electron chi connectivity index (χ2n) is 5.70. The average Bonchev–Trinajstić information content (AvgIpc) is 2.94. The third-order valence-electron chi connectivity index (χ3n) is 4.29. The summed E-state index contributed by atoms with van der Waals surface area (Å²) in [6.07, 6.45) is 0.233. The number of nitrogens with zero attached hydrogens (tertiary/aromatic N) is 2. The smallest absolute Gasteiger partial charge is 0.339 e. The zero-order valence-corrected chi connectivity index (χ0v) is 12.1. The summed E-state index contributed by atoms with van der Waals surface area (Å²) in [7, 11) is 0. The van der Waals surface area contributed by atoms with E-state index in [1.165, 1.54) is 0 Å². The van der Waals surface area contributed by atoms with E-state index in [-0.39, 0.29) is 11.8 Å². The maximum Gasteiger partial charge on any atom is 0.450 e. The van der Waals surface area contributed by atoms with Crippen LogP contribution in [0.1, 0.15) is 69.5 Å². The van der Waals surface area contributed by atoms with Gasteiger partial charge < -0.3 is 4.52 Å². The van der Waals surface area contributed by atoms with Crippen LogP contribution in [0.15, 0.2) is 4.52 Å². The van der Waals surface area contributed by atoms with Crippen molar-refractivity contribution in [2.45, 2.75) is 64.0 Å². The van der Waals surface area contributed by atoms with Crippen LogP contribution < -0.4 is 0 Å². The summed E-state index contributed by atoms with van der Waals surface area (Å²) in [5.41, 5.74) is 0. The Bertz CT molecular complexity index is 491. The van der Waals surface area contributed by atoms with Gasteiger partial charge in [0.15, 0.2) is 5.82 Å². The lowest BCUT2D eigenvalue weighted by Crippen LogP contribution is -2.27. The highest BCUT2D eigenvalue weighted by atomic mass is 19.4. The maximum absolute atomic E-state index is 12.4. The number of aromatic nitrogens is 2. The number of carbonyl (C=O) groups is 1. The first-order chi connectivity index (χ1) is 9.82. The third-order valence-corrected chi connectivity index (χ3v) is 4.29. The Morgan fingerprint density at radius 3 is 2.48 bits per heavy atom. The lowest BCUT2D eigenvalue weighted by atomic mass is 9.80. The lowest BCUT2D eigenvalue weighted by Gasteiger charge is -2.25. The highest BCUT2D eigenvalue weighted by Crippen LogP contribution is 2.36. The van der Waals surface area contributed by atoms with Crippen molar-refractivity contribution in [3.8, 4) is 0 Å². The molecule has 0 bridgehead atoms. The molecule has 1 aliphatic rings. The number of hydrogen-bond donors (Lipinski definition) is 0. The van der Waals surface area contributed by atoms with E-state index in [2.05, 4.69) is 17.1 Å². The highest BCUT2D eigenvalue weighted by Gasteiger charge is 2.44. The predicted molar refractivity (Wildman–Crippen MR) is 68.8 cm³/mol. The van der Waals surface area contributed by atoms with E-state index in [1.54, 1.807) is 0 Å². The number of halogens is 3. The molecule has 1 aromatic rings. The van der Waals surface area contributed by atoms with Crippen LogP contribution in [-0.4, -0.2) is 22.1 Å². The van der Waals surface area contributed by atoms with Gasteiger partial charge in [-0.2, -0.15) is 18.2 Å². The summed E-state index contributed by atoms with van der Waals surface area (Å²) in [5, 5.41) is 3.77. The molecule has 1 saturated carbocycles. The molecule has 0 aliphatic heterocycles. The number of hydrogen-bond acceptors (Lipinski definition) is 4. The molecular formula is C14H19F3N2O2. The third kappa shape index (κ3) is 3.63. The van der Waals surface area contributed by atoms with Gasteiger partial charge >= 0.3 is 6.18 Å². The van der Waals surface area contributed by atoms with E-state index < -0.39 is 17.9 Å². The molecule has 0 spiro atoms. The zero-order chi connectivity index (χ0) is 15.6. The fourth-order valence-corrected chi connectivity index (χ4v) is 2.78. The molecule has 1 aliphatic carbocycles. The molecule has 0 N–H and O–H groups in total. The van der Waals surface area contributed by atoms with Gasteiger partial charge in [-0.15, -0.1) is 0 Å². The SMILES string of the molecule is CCC1CCC(c2noc(C(C)C(=O)C(F)(F)F)n2)CC1. The summed E-state index contributed by atoms with van der Waals surface area (Å²) in [4.78, 5) is 15.2. The maximum atomic E-state index is 12.4. The van der Waals surface area contributed by atoms with Gasteiger partial charge in [-0.1, -0.05) is 18.5 Å². The van der Waals surface area contributed by atoms with E-state index in [9.17, 15) is 18.0 Å². The summed E-state index contributed by atoms with van der Waals surface area (Å²) >= 11 is 0. The Morgan fingerprint density at radius 1 is 1.33 bits per heavy atom.